The molecule has 0 atom stereocenters. The van der Waals surface area contributed by atoms with Crippen LogP contribution in [0.2, 0.25) is 0 Å². The van der Waals surface area contributed by atoms with Gasteiger partial charge in [0, 0.05) is 4.88 Å². The molecule has 2 heterocycles. The van der Waals surface area contributed by atoms with E-state index in [-0.39, 0.29) is 0 Å². The van der Waals surface area contributed by atoms with E-state index in [2.05, 4.69) is 28.7 Å². The molecule has 0 saturated heterocycles. The third-order valence-electron chi connectivity index (χ3n) is 2.14. The van der Waals surface area contributed by atoms with Crippen LogP contribution >= 0.6 is 11.3 Å². The number of hydrogen-bond donors (Lipinski definition) is 1. The molecule has 2 N–H and O–H groups in total. The number of nitrogens with two attached hydrogens (primary N) is 1. The van der Waals surface area contributed by atoms with Crippen molar-refractivity contribution in [2.45, 2.75) is 20.4 Å². The molecule has 2 aromatic heterocycles. The average Bonchev–Trinajstić information content (AvgIpc) is 2.67. The number of aryl methyl sites for hydroxylation is 1. The smallest absolute Gasteiger partial charge is 0.168 e. The summed E-state index contributed by atoms with van der Waals surface area (Å²) >= 11 is 1.74. The van der Waals surface area contributed by atoms with E-state index in [0.29, 0.717) is 5.82 Å². The van der Waals surface area contributed by atoms with Gasteiger partial charge in [-0.05, 0) is 30.9 Å². The first-order valence-electron chi connectivity index (χ1n) is 4.36. The Labute approximate surface area is 86.4 Å². The lowest BCUT2D eigenvalue weighted by atomic mass is 10.3. The summed E-state index contributed by atoms with van der Waals surface area (Å²) in [5, 5.41) is 9.91. The van der Waals surface area contributed by atoms with Gasteiger partial charge in [-0.15, -0.1) is 16.4 Å². The molecule has 0 spiro atoms. The number of hydrogen-bond acceptors (Lipinski definition) is 4. The van der Waals surface area contributed by atoms with Gasteiger partial charge in [0.15, 0.2) is 5.82 Å². The standard InChI is InChI=1S/C9H12N4S/c1-6-3-8(5-14-6)4-13-7(2)9(10)11-12-13/h3,5H,4,10H2,1-2H3. The Bertz CT molecular complexity index is 443. The first-order chi connectivity index (χ1) is 6.66. The van der Waals surface area contributed by atoms with Gasteiger partial charge in [-0.1, -0.05) is 5.21 Å². The van der Waals surface area contributed by atoms with Crippen LogP contribution in [0, 0.1) is 13.8 Å². The Morgan fingerprint density at radius 1 is 1.50 bits per heavy atom. The van der Waals surface area contributed by atoms with Crippen LogP contribution in [0.4, 0.5) is 5.82 Å². The lowest BCUT2D eigenvalue weighted by Gasteiger charge is -1.99. The Hall–Kier alpha value is -1.36. The SMILES string of the molecule is Cc1cc(Cn2nnc(N)c2C)cs1. The van der Waals surface area contributed by atoms with Gasteiger partial charge in [0.05, 0.1) is 12.2 Å². The van der Waals surface area contributed by atoms with Crippen LogP contribution in [0.5, 0.6) is 0 Å². The van der Waals surface area contributed by atoms with Gasteiger partial charge in [-0.3, -0.25) is 0 Å². The van der Waals surface area contributed by atoms with E-state index in [0.717, 1.165) is 12.2 Å². The van der Waals surface area contributed by atoms with Crippen molar-refractivity contribution in [1.29, 1.82) is 0 Å². The molecule has 0 bridgehead atoms. The van der Waals surface area contributed by atoms with Crippen molar-refractivity contribution in [2.75, 3.05) is 5.73 Å². The zero-order valence-corrected chi connectivity index (χ0v) is 9.01. The van der Waals surface area contributed by atoms with E-state index in [1.807, 2.05) is 11.6 Å². The van der Waals surface area contributed by atoms with Gasteiger partial charge in [0.1, 0.15) is 0 Å². The highest BCUT2D eigenvalue weighted by molar-refractivity contribution is 7.10. The van der Waals surface area contributed by atoms with Gasteiger partial charge in [-0.2, -0.15) is 0 Å². The minimum Gasteiger partial charge on any atom is -0.381 e. The molecule has 4 nitrogen and oxygen atoms in total. The largest absolute Gasteiger partial charge is 0.381 e. The Kier molecular flexibility index (Phi) is 2.25. The second kappa shape index (κ2) is 3.42. The number of nitrogen functional groups attached to an aromatic ring is 1. The highest BCUT2D eigenvalue weighted by atomic mass is 32.1. The van der Waals surface area contributed by atoms with Crippen molar-refractivity contribution in [2.24, 2.45) is 0 Å². The van der Waals surface area contributed by atoms with E-state index in [9.17, 15) is 0 Å². The van der Waals surface area contributed by atoms with Gasteiger partial charge < -0.3 is 5.73 Å². The summed E-state index contributed by atoms with van der Waals surface area (Å²) in [5.41, 5.74) is 7.78. The van der Waals surface area contributed by atoms with Gasteiger partial charge in [0.25, 0.3) is 0 Å². The molecule has 74 valence electrons. The summed E-state index contributed by atoms with van der Waals surface area (Å²) in [6.07, 6.45) is 0. The number of anilines is 1. The van der Waals surface area contributed by atoms with Gasteiger partial charge in [-0.25, -0.2) is 4.68 Å². The molecule has 2 aromatic rings. The summed E-state index contributed by atoms with van der Waals surface area (Å²) in [4.78, 5) is 1.31. The third-order valence-corrected chi connectivity index (χ3v) is 3.05. The minimum atomic E-state index is 0.511. The summed E-state index contributed by atoms with van der Waals surface area (Å²) in [6.45, 7) is 4.77. The molecular formula is C9H12N4S. The fourth-order valence-corrected chi connectivity index (χ4v) is 1.98. The molecular weight excluding hydrogens is 196 g/mol. The van der Waals surface area contributed by atoms with Crippen LogP contribution in [-0.4, -0.2) is 15.0 Å². The molecule has 0 amide bonds. The summed E-state index contributed by atoms with van der Waals surface area (Å²) < 4.78 is 1.82. The fraction of sp³-hybridized carbons (Fsp3) is 0.333. The minimum absolute atomic E-state index is 0.511. The van der Waals surface area contributed by atoms with E-state index < -0.39 is 0 Å². The lowest BCUT2D eigenvalue weighted by Crippen LogP contribution is -2.03. The van der Waals surface area contributed by atoms with E-state index in [1.165, 1.54) is 10.4 Å². The van der Waals surface area contributed by atoms with E-state index >= 15 is 0 Å². The lowest BCUT2D eigenvalue weighted by molar-refractivity contribution is 0.634. The van der Waals surface area contributed by atoms with Gasteiger partial charge >= 0.3 is 0 Å². The predicted molar refractivity (Wildman–Crippen MR) is 57.3 cm³/mol. The topological polar surface area (TPSA) is 56.7 Å². The van der Waals surface area contributed by atoms with Crippen molar-refractivity contribution >= 4 is 17.2 Å². The summed E-state index contributed by atoms with van der Waals surface area (Å²) in [7, 11) is 0. The van der Waals surface area contributed by atoms with Crippen molar-refractivity contribution in [3.8, 4) is 0 Å². The van der Waals surface area contributed by atoms with Crippen LogP contribution in [0.15, 0.2) is 11.4 Å². The number of rotatable bonds is 2. The van der Waals surface area contributed by atoms with E-state index in [1.54, 1.807) is 11.3 Å². The first kappa shape index (κ1) is 9.21. The first-order valence-corrected chi connectivity index (χ1v) is 5.24. The Morgan fingerprint density at radius 2 is 2.29 bits per heavy atom. The van der Waals surface area contributed by atoms with Crippen molar-refractivity contribution in [3.05, 3.63) is 27.6 Å². The third kappa shape index (κ3) is 1.63. The fourth-order valence-electron chi connectivity index (χ4n) is 1.28. The number of nitrogens with zero attached hydrogens (tertiary/aromatic N) is 3. The molecule has 0 saturated carbocycles. The predicted octanol–water partition coefficient (Wildman–Crippen LogP) is 1.59. The summed E-state index contributed by atoms with van der Waals surface area (Å²) in [5.74, 6) is 0.511. The van der Waals surface area contributed by atoms with Crippen LogP contribution in [0.1, 0.15) is 16.1 Å². The van der Waals surface area contributed by atoms with Crippen LogP contribution < -0.4 is 5.73 Å². The second-order valence-corrected chi connectivity index (χ2v) is 4.40. The molecule has 0 unspecified atom stereocenters. The molecule has 0 aromatic carbocycles. The zero-order chi connectivity index (χ0) is 10.1. The molecule has 2 rings (SSSR count). The van der Waals surface area contributed by atoms with Crippen LogP contribution in [-0.2, 0) is 6.54 Å². The number of thiophene rings is 1. The maximum Gasteiger partial charge on any atom is 0.168 e. The molecule has 0 radical (unpaired) electrons. The normalized spacial score (nSPS) is 10.7. The van der Waals surface area contributed by atoms with Crippen molar-refractivity contribution in [3.63, 3.8) is 0 Å². The molecule has 0 aliphatic heterocycles. The summed E-state index contributed by atoms with van der Waals surface area (Å²) in [6, 6.07) is 2.15. The Morgan fingerprint density at radius 3 is 2.79 bits per heavy atom. The average molecular weight is 208 g/mol. The molecule has 5 heteroatoms. The number of aromatic nitrogens is 3. The second-order valence-electron chi connectivity index (χ2n) is 3.28. The van der Waals surface area contributed by atoms with Crippen LogP contribution in [0.3, 0.4) is 0 Å². The van der Waals surface area contributed by atoms with Crippen LogP contribution in [0.25, 0.3) is 0 Å². The molecule has 0 fully saturated rings. The maximum atomic E-state index is 5.61. The monoisotopic (exact) mass is 208 g/mol. The maximum absolute atomic E-state index is 5.61. The highest BCUT2D eigenvalue weighted by Crippen LogP contribution is 2.15. The molecule has 14 heavy (non-hydrogen) atoms. The highest BCUT2D eigenvalue weighted by Gasteiger charge is 2.05. The van der Waals surface area contributed by atoms with Crippen molar-refractivity contribution < 1.29 is 0 Å². The zero-order valence-electron chi connectivity index (χ0n) is 8.19. The quantitative estimate of drug-likeness (QED) is 0.815. The van der Waals surface area contributed by atoms with Crippen molar-refractivity contribution in [1.82, 2.24) is 15.0 Å². The Balaban J connectivity index is 2.22. The molecule has 0 aliphatic rings. The van der Waals surface area contributed by atoms with E-state index in [4.69, 9.17) is 5.73 Å². The molecule has 0 aliphatic carbocycles. The van der Waals surface area contributed by atoms with Gasteiger partial charge in [0.2, 0.25) is 0 Å².